The Kier molecular flexibility index (Phi) is 76.3. The lowest BCUT2D eigenvalue weighted by molar-refractivity contribution is -0.161. The van der Waals surface area contributed by atoms with Crippen LogP contribution in [-0.2, 0) is 65.4 Å². The number of unbranched alkanes of at least 4 members (excludes halogenated alkanes) is 28. The summed E-state index contributed by atoms with van der Waals surface area (Å²) in [6, 6.07) is 0. The van der Waals surface area contributed by atoms with E-state index in [2.05, 4.69) is 174 Å². The molecule has 0 rings (SSSR count). The first-order chi connectivity index (χ1) is 52.7. The summed E-state index contributed by atoms with van der Waals surface area (Å²) in [5.74, 6) is -2.23. The highest BCUT2D eigenvalue weighted by Gasteiger charge is 2.30. The first-order valence-corrected chi connectivity index (χ1v) is 45.1. The lowest BCUT2D eigenvalue weighted by Gasteiger charge is -2.21. The fraction of sp³-hybridized carbons (Fsp3) is 0.685. The van der Waals surface area contributed by atoms with E-state index in [9.17, 15) is 43.2 Å². The van der Waals surface area contributed by atoms with Crippen LogP contribution in [0.25, 0.3) is 0 Å². The lowest BCUT2D eigenvalue weighted by Crippen LogP contribution is -2.30. The normalized spacial score (nSPS) is 14.5. The van der Waals surface area contributed by atoms with Crippen molar-refractivity contribution in [2.24, 2.45) is 0 Å². The Balaban J connectivity index is 5.39. The second-order valence-electron chi connectivity index (χ2n) is 27.6. The van der Waals surface area contributed by atoms with E-state index in [0.717, 1.165) is 238 Å². The summed E-state index contributed by atoms with van der Waals surface area (Å²) < 4.78 is 68.7. The number of phosphoric ester groups is 2. The Morgan fingerprint density at radius 3 is 0.778 bits per heavy atom. The fourth-order valence-electron chi connectivity index (χ4n) is 10.9. The van der Waals surface area contributed by atoms with Crippen LogP contribution in [0.5, 0.6) is 0 Å². The minimum Gasteiger partial charge on any atom is -0.462 e. The number of rotatable bonds is 78. The molecule has 0 heterocycles. The highest BCUT2D eigenvalue weighted by molar-refractivity contribution is 7.47. The SMILES string of the molecule is CC/C=C\C/C=C\C/C=C\C/C=C\CCCCCCCCC(=O)OCC(COP(=O)(O)OCC(O)COP(=O)(O)OCC(COC(=O)CCCCCCCC/C=C\C/C=C\C/C=C\CCCCC)OC(=O)CCCCCCC/C=C\C/C=C\CCC)OC(=O)CCCCCCCCC/C=C\C/C=C\C/C=C\CC. The average Bonchev–Trinajstić information content (AvgIpc) is 0.886. The van der Waals surface area contributed by atoms with E-state index in [0.29, 0.717) is 25.7 Å². The summed E-state index contributed by atoms with van der Waals surface area (Å²) in [6.45, 7) is 4.53. The molecule has 19 heteroatoms. The van der Waals surface area contributed by atoms with Gasteiger partial charge < -0.3 is 33.8 Å². The van der Waals surface area contributed by atoms with Crippen LogP contribution < -0.4 is 0 Å². The van der Waals surface area contributed by atoms with Crippen molar-refractivity contribution in [2.75, 3.05) is 39.6 Å². The van der Waals surface area contributed by atoms with Crippen LogP contribution >= 0.6 is 15.6 Å². The van der Waals surface area contributed by atoms with E-state index >= 15 is 0 Å². The largest absolute Gasteiger partial charge is 0.472 e. The highest BCUT2D eigenvalue weighted by Crippen LogP contribution is 2.45. The molecule has 0 amide bonds. The number of carbonyl (C=O) groups is 4. The molecular weight excluding hydrogens is 1400 g/mol. The number of ether oxygens (including phenoxy) is 4. The third kappa shape index (κ3) is 79.0. The Morgan fingerprint density at radius 2 is 0.500 bits per heavy atom. The molecule has 0 spiro atoms. The third-order valence-electron chi connectivity index (χ3n) is 17.2. The number of hydrogen-bond acceptors (Lipinski definition) is 15. The molecule has 618 valence electrons. The molecule has 0 aliphatic rings. The van der Waals surface area contributed by atoms with Gasteiger partial charge in [-0.1, -0.05) is 296 Å². The van der Waals surface area contributed by atoms with Gasteiger partial charge in [-0.3, -0.25) is 37.3 Å². The molecule has 0 saturated carbocycles. The van der Waals surface area contributed by atoms with Crippen LogP contribution in [-0.4, -0.2) is 96.7 Å². The zero-order valence-electron chi connectivity index (χ0n) is 67.7. The first-order valence-electron chi connectivity index (χ1n) is 42.1. The van der Waals surface area contributed by atoms with Gasteiger partial charge in [-0.15, -0.1) is 0 Å². The highest BCUT2D eigenvalue weighted by atomic mass is 31.2. The molecule has 0 aliphatic heterocycles. The molecule has 17 nitrogen and oxygen atoms in total. The van der Waals surface area contributed by atoms with Crippen molar-refractivity contribution < 1.29 is 80.2 Å². The lowest BCUT2D eigenvalue weighted by atomic mass is 10.1. The Bertz CT molecular complexity index is 2610. The summed E-state index contributed by atoms with van der Waals surface area (Å²) in [4.78, 5) is 73.2. The Hall–Kier alpha value is -5.06. The van der Waals surface area contributed by atoms with E-state index in [4.69, 9.17) is 37.0 Å². The number of esters is 4. The van der Waals surface area contributed by atoms with Crippen molar-refractivity contribution in [1.82, 2.24) is 0 Å². The molecule has 0 aromatic rings. The number of allylic oxidation sites excluding steroid dienone is 24. The molecule has 0 fully saturated rings. The van der Waals surface area contributed by atoms with Gasteiger partial charge in [0.05, 0.1) is 26.4 Å². The van der Waals surface area contributed by atoms with Crippen LogP contribution in [0.4, 0.5) is 0 Å². The molecular formula is C89H150O17P2. The minimum atomic E-state index is -4.99. The minimum absolute atomic E-state index is 0.0724. The summed E-state index contributed by atoms with van der Waals surface area (Å²) in [7, 11) is -9.98. The van der Waals surface area contributed by atoms with Crippen LogP contribution in [0, 0.1) is 0 Å². The number of aliphatic hydroxyl groups is 1. The third-order valence-corrected chi connectivity index (χ3v) is 19.2. The zero-order valence-corrected chi connectivity index (χ0v) is 69.5. The van der Waals surface area contributed by atoms with Gasteiger partial charge in [0, 0.05) is 25.7 Å². The molecule has 5 atom stereocenters. The van der Waals surface area contributed by atoms with Gasteiger partial charge in [-0.25, -0.2) is 9.13 Å². The first kappa shape index (κ1) is 103. The average molecular weight is 1550 g/mol. The Labute approximate surface area is 656 Å². The number of aliphatic hydroxyl groups excluding tert-OH is 1. The van der Waals surface area contributed by atoms with Crippen LogP contribution in [0.15, 0.2) is 146 Å². The van der Waals surface area contributed by atoms with Gasteiger partial charge in [0.25, 0.3) is 0 Å². The molecule has 0 saturated heterocycles. The number of carbonyl (C=O) groups excluding carboxylic acids is 4. The maximum absolute atomic E-state index is 13.1. The van der Waals surface area contributed by atoms with Crippen molar-refractivity contribution >= 4 is 39.5 Å². The van der Waals surface area contributed by atoms with E-state index in [1.807, 2.05) is 0 Å². The smallest absolute Gasteiger partial charge is 0.462 e. The molecule has 108 heavy (non-hydrogen) atoms. The maximum Gasteiger partial charge on any atom is 0.472 e. The molecule has 0 aromatic carbocycles. The van der Waals surface area contributed by atoms with Gasteiger partial charge in [0.15, 0.2) is 12.2 Å². The van der Waals surface area contributed by atoms with E-state index < -0.39 is 97.5 Å². The standard InChI is InChI=1S/C89H150O17P2/c1-5-9-13-17-21-25-29-33-36-39-41-44-46-50-53-57-61-65-69-73-86(91)99-79-84(105-88(93)75-71-67-63-59-55-49-32-28-24-20-16-12-8-4)81-103-107(95,96)101-77-83(90)78-102-108(97,98)104-82-85(106-89(94)76-72-68-64-60-56-52-48-43-38-35-31-27-23-19-15-11-7-3)80-100-87(92)74-70-66-62-58-54-51-47-45-42-40-37-34-30-26-22-18-14-10-6-2/h10-11,14-16,20-23,25-28,32-38,41-42,44-45,83-85,90H,5-9,12-13,17-19,24,29-31,39-40,43,46-82H2,1-4H3,(H,95,96)(H,97,98)/b14-10-,15-11-,20-16-,25-21-,26-22-,27-23-,32-28-,36-33-,37-34-,38-35-,44-41-,45-42-. The Morgan fingerprint density at radius 1 is 0.269 bits per heavy atom. The van der Waals surface area contributed by atoms with Crippen molar-refractivity contribution in [3.8, 4) is 0 Å². The number of phosphoric acid groups is 2. The summed E-state index contributed by atoms with van der Waals surface area (Å²) in [5.41, 5.74) is 0. The van der Waals surface area contributed by atoms with Crippen molar-refractivity contribution in [3.05, 3.63) is 146 Å². The number of hydrogen-bond donors (Lipinski definition) is 3. The van der Waals surface area contributed by atoms with Gasteiger partial charge in [-0.05, 0) is 161 Å². The summed E-state index contributed by atoms with van der Waals surface area (Å²) in [5, 5.41) is 10.7. The summed E-state index contributed by atoms with van der Waals surface area (Å²) in [6.07, 6.45) is 92.3. The molecule has 5 unspecified atom stereocenters. The zero-order chi connectivity index (χ0) is 78.9. The van der Waals surface area contributed by atoms with Crippen LogP contribution in [0.3, 0.4) is 0 Å². The van der Waals surface area contributed by atoms with Crippen molar-refractivity contribution in [3.63, 3.8) is 0 Å². The second-order valence-corrected chi connectivity index (χ2v) is 30.6. The van der Waals surface area contributed by atoms with Gasteiger partial charge in [0.2, 0.25) is 0 Å². The molecule has 0 radical (unpaired) electrons. The topological polar surface area (TPSA) is 237 Å². The van der Waals surface area contributed by atoms with E-state index in [1.54, 1.807) is 0 Å². The van der Waals surface area contributed by atoms with Crippen LogP contribution in [0.1, 0.15) is 336 Å². The van der Waals surface area contributed by atoms with Gasteiger partial charge >= 0.3 is 39.5 Å². The quantitative estimate of drug-likeness (QED) is 0.0169. The van der Waals surface area contributed by atoms with Gasteiger partial charge in [0.1, 0.15) is 19.3 Å². The van der Waals surface area contributed by atoms with E-state index in [-0.39, 0.29) is 25.7 Å². The van der Waals surface area contributed by atoms with Crippen molar-refractivity contribution in [2.45, 2.75) is 354 Å². The summed E-state index contributed by atoms with van der Waals surface area (Å²) >= 11 is 0. The van der Waals surface area contributed by atoms with E-state index in [1.165, 1.54) is 19.3 Å². The predicted molar refractivity (Wildman–Crippen MR) is 445 cm³/mol. The monoisotopic (exact) mass is 1550 g/mol. The van der Waals surface area contributed by atoms with Crippen LogP contribution in [0.2, 0.25) is 0 Å². The molecule has 0 bridgehead atoms. The fourth-order valence-corrected chi connectivity index (χ4v) is 12.5. The second kappa shape index (κ2) is 80.0. The predicted octanol–water partition coefficient (Wildman–Crippen LogP) is 25.0. The van der Waals surface area contributed by atoms with Crippen molar-refractivity contribution in [1.29, 1.82) is 0 Å². The molecule has 0 aromatic heterocycles. The molecule has 3 N–H and O–H groups in total. The molecule has 0 aliphatic carbocycles. The maximum atomic E-state index is 13.1. The van der Waals surface area contributed by atoms with Gasteiger partial charge in [-0.2, -0.15) is 0 Å².